The highest BCUT2D eigenvalue weighted by molar-refractivity contribution is 5.78. The summed E-state index contributed by atoms with van der Waals surface area (Å²) in [7, 11) is 0. The van der Waals surface area contributed by atoms with Crippen molar-refractivity contribution in [2.75, 3.05) is 45.8 Å². The quantitative estimate of drug-likeness (QED) is 0.682. The summed E-state index contributed by atoms with van der Waals surface area (Å²) in [4.78, 5) is 30.7. The van der Waals surface area contributed by atoms with Crippen LogP contribution in [-0.2, 0) is 16.0 Å². The van der Waals surface area contributed by atoms with Crippen LogP contribution in [0.4, 0.5) is 0 Å². The Morgan fingerprint density at radius 2 is 1.72 bits per heavy atom. The van der Waals surface area contributed by atoms with E-state index in [1.54, 1.807) is 0 Å². The third kappa shape index (κ3) is 5.67. The Kier molecular flexibility index (Phi) is 7.41. The molecule has 1 saturated heterocycles. The van der Waals surface area contributed by atoms with Crippen molar-refractivity contribution in [1.82, 2.24) is 24.5 Å². The van der Waals surface area contributed by atoms with Gasteiger partial charge in [-0.2, -0.15) is 5.10 Å². The Morgan fingerprint density at radius 3 is 2.38 bits per heavy atom. The molecular formula is C22H31N5O2. The number of benzene rings is 1. The lowest BCUT2D eigenvalue weighted by Crippen LogP contribution is -2.51. The van der Waals surface area contributed by atoms with Gasteiger partial charge < -0.3 is 9.80 Å². The molecule has 2 heterocycles. The maximum atomic E-state index is 12.6. The van der Waals surface area contributed by atoms with E-state index in [9.17, 15) is 9.59 Å². The summed E-state index contributed by atoms with van der Waals surface area (Å²) < 4.78 is 1.84. The van der Waals surface area contributed by atoms with E-state index in [-0.39, 0.29) is 11.8 Å². The summed E-state index contributed by atoms with van der Waals surface area (Å²) in [5.74, 6) is 0.345. The SMILES string of the molecule is CCN(CC)C(=O)CN1CCN(C(=O)CCc2cnn(-c3ccccc3)c2)CC1. The number of para-hydroxylation sites is 1. The van der Waals surface area contributed by atoms with Gasteiger partial charge in [-0.1, -0.05) is 18.2 Å². The first-order chi connectivity index (χ1) is 14.1. The molecule has 7 heteroatoms. The second-order valence-electron chi connectivity index (χ2n) is 7.35. The van der Waals surface area contributed by atoms with Crippen LogP contribution in [0.5, 0.6) is 0 Å². The van der Waals surface area contributed by atoms with Crippen molar-refractivity contribution in [3.63, 3.8) is 0 Å². The Hall–Kier alpha value is -2.67. The number of likely N-dealkylation sites (N-methyl/N-ethyl adjacent to an activating group) is 1. The van der Waals surface area contributed by atoms with E-state index in [0.717, 1.165) is 37.4 Å². The van der Waals surface area contributed by atoms with Crippen LogP contribution in [0.3, 0.4) is 0 Å². The van der Waals surface area contributed by atoms with Crippen LogP contribution in [0.2, 0.25) is 0 Å². The second kappa shape index (κ2) is 10.2. The highest BCUT2D eigenvalue weighted by Gasteiger charge is 2.23. The fourth-order valence-corrected chi connectivity index (χ4v) is 3.64. The highest BCUT2D eigenvalue weighted by atomic mass is 16.2. The first-order valence-electron chi connectivity index (χ1n) is 10.5. The van der Waals surface area contributed by atoms with Gasteiger partial charge in [0.15, 0.2) is 0 Å². The number of rotatable bonds is 8. The molecule has 2 amide bonds. The Morgan fingerprint density at radius 1 is 1.03 bits per heavy atom. The van der Waals surface area contributed by atoms with E-state index < -0.39 is 0 Å². The van der Waals surface area contributed by atoms with Gasteiger partial charge in [-0.25, -0.2) is 4.68 Å². The van der Waals surface area contributed by atoms with Gasteiger partial charge in [0.05, 0.1) is 18.4 Å². The van der Waals surface area contributed by atoms with Crippen molar-refractivity contribution in [3.8, 4) is 5.69 Å². The Balaban J connectivity index is 1.42. The minimum atomic E-state index is 0.171. The molecule has 0 bridgehead atoms. The number of hydrogen-bond donors (Lipinski definition) is 0. The standard InChI is InChI=1S/C22H31N5O2/c1-3-25(4-2)22(29)18-24-12-14-26(15-13-24)21(28)11-10-19-16-23-27(17-19)20-8-6-5-7-9-20/h5-9,16-17H,3-4,10-15,18H2,1-2H3. The average molecular weight is 398 g/mol. The predicted octanol–water partition coefficient (Wildman–Crippen LogP) is 1.82. The van der Waals surface area contributed by atoms with Gasteiger partial charge in [-0.15, -0.1) is 0 Å². The predicted molar refractivity (Wildman–Crippen MR) is 113 cm³/mol. The van der Waals surface area contributed by atoms with Gasteiger partial charge in [-0.3, -0.25) is 14.5 Å². The number of aryl methyl sites for hydroxylation is 1. The molecule has 1 aliphatic rings. The Bertz CT molecular complexity index is 793. The number of nitrogens with zero attached hydrogens (tertiary/aromatic N) is 5. The van der Waals surface area contributed by atoms with Gasteiger partial charge in [0, 0.05) is 51.9 Å². The van der Waals surface area contributed by atoms with E-state index in [2.05, 4.69) is 10.00 Å². The molecule has 0 aliphatic carbocycles. The molecule has 1 aliphatic heterocycles. The van der Waals surface area contributed by atoms with Gasteiger partial charge >= 0.3 is 0 Å². The molecule has 0 unspecified atom stereocenters. The molecule has 3 rings (SSSR count). The summed E-state index contributed by atoms with van der Waals surface area (Å²) >= 11 is 0. The molecule has 0 N–H and O–H groups in total. The summed E-state index contributed by atoms with van der Waals surface area (Å²) in [6.07, 6.45) is 4.99. The minimum absolute atomic E-state index is 0.171. The number of piperazine rings is 1. The molecule has 0 radical (unpaired) electrons. The lowest BCUT2D eigenvalue weighted by atomic mass is 10.1. The smallest absolute Gasteiger partial charge is 0.236 e. The minimum Gasteiger partial charge on any atom is -0.342 e. The first-order valence-corrected chi connectivity index (χ1v) is 10.5. The molecule has 1 aromatic carbocycles. The summed E-state index contributed by atoms with van der Waals surface area (Å²) in [6.45, 7) is 8.82. The zero-order chi connectivity index (χ0) is 20.6. The van der Waals surface area contributed by atoms with Crippen molar-refractivity contribution >= 4 is 11.8 Å². The molecule has 156 valence electrons. The number of aromatic nitrogens is 2. The molecule has 2 aromatic rings. The Labute approximate surface area is 172 Å². The zero-order valence-electron chi connectivity index (χ0n) is 17.5. The van der Waals surface area contributed by atoms with Crippen molar-refractivity contribution in [1.29, 1.82) is 0 Å². The third-order valence-electron chi connectivity index (χ3n) is 5.48. The van der Waals surface area contributed by atoms with E-state index in [1.807, 2.05) is 71.1 Å². The van der Waals surface area contributed by atoms with E-state index >= 15 is 0 Å². The van der Waals surface area contributed by atoms with Crippen LogP contribution < -0.4 is 0 Å². The fraction of sp³-hybridized carbons (Fsp3) is 0.500. The largest absolute Gasteiger partial charge is 0.342 e. The van der Waals surface area contributed by atoms with Crippen LogP contribution in [0, 0.1) is 0 Å². The normalized spacial score (nSPS) is 14.8. The number of carbonyl (C=O) groups is 2. The molecule has 7 nitrogen and oxygen atoms in total. The molecule has 0 saturated carbocycles. The van der Waals surface area contributed by atoms with E-state index in [0.29, 0.717) is 32.5 Å². The fourth-order valence-electron chi connectivity index (χ4n) is 3.64. The summed E-state index contributed by atoms with van der Waals surface area (Å²) in [5.41, 5.74) is 2.08. The maximum Gasteiger partial charge on any atom is 0.236 e. The first kappa shape index (κ1) is 21.0. The van der Waals surface area contributed by atoms with Gasteiger partial charge in [0.25, 0.3) is 0 Å². The topological polar surface area (TPSA) is 61.7 Å². The van der Waals surface area contributed by atoms with Crippen LogP contribution >= 0.6 is 0 Å². The van der Waals surface area contributed by atoms with E-state index in [1.165, 1.54) is 0 Å². The van der Waals surface area contributed by atoms with Crippen molar-refractivity contribution in [3.05, 3.63) is 48.3 Å². The van der Waals surface area contributed by atoms with Crippen LogP contribution in [0.25, 0.3) is 5.69 Å². The summed E-state index contributed by atoms with van der Waals surface area (Å²) in [6, 6.07) is 9.95. The van der Waals surface area contributed by atoms with Crippen LogP contribution in [-0.4, -0.2) is 82.1 Å². The average Bonchev–Trinajstić information content (AvgIpc) is 3.23. The van der Waals surface area contributed by atoms with Crippen LogP contribution in [0.15, 0.2) is 42.7 Å². The zero-order valence-corrected chi connectivity index (χ0v) is 17.5. The maximum absolute atomic E-state index is 12.6. The molecular weight excluding hydrogens is 366 g/mol. The number of amides is 2. The molecule has 0 atom stereocenters. The molecule has 1 fully saturated rings. The van der Waals surface area contributed by atoms with Crippen molar-refractivity contribution in [2.24, 2.45) is 0 Å². The number of hydrogen-bond acceptors (Lipinski definition) is 4. The van der Waals surface area contributed by atoms with Gasteiger partial charge in [-0.05, 0) is 38.0 Å². The highest BCUT2D eigenvalue weighted by Crippen LogP contribution is 2.11. The third-order valence-corrected chi connectivity index (χ3v) is 5.48. The lowest BCUT2D eigenvalue weighted by molar-refractivity contribution is -0.135. The molecule has 0 spiro atoms. The molecule has 29 heavy (non-hydrogen) atoms. The van der Waals surface area contributed by atoms with Crippen molar-refractivity contribution < 1.29 is 9.59 Å². The van der Waals surface area contributed by atoms with E-state index in [4.69, 9.17) is 0 Å². The van der Waals surface area contributed by atoms with Gasteiger partial charge in [0.2, 0.25) is 11.8 Å². The molecule has 1 aromatic heterocycles. The second-order valence-corrected chi connectivity index (χ2v) is 7.35. The monoisotopic (exact) mass is 397 g/mol. The lowest BCUT2D eigenvalue weighted by Gasteiger charge is -2.35. The van der Waals surface area contributed by atoms with Crippen LogP contribution in [0.1, 0.15) is 25.8 Å². The van der Waals surface area contributed by atoms with Crippen molar-refractivity contribution in [2.45, 2.75) is 26.7 Å². The number of carbonyl (C=O) groups excluding carboxylic acids is 2. The van der Waals surface area contributed by atoms with Gasteiger partial charge in [0.1, 0.15) is 0 Å². The summed E-state index contributed by atoms with van der Waals surface area (Å²) in [5, 5.41) is 4.39.